The van der Waals surface area contributed by atoms with Crippen LogP contribution in [0.1, 0.15) is 6.42 Å². The van der Waals surface area contributed by atoms with Gasteiger partial charge in [0.05, 0.1) is 18.6 Å². The summed E-state index contributed by atoms with van der Waals surface area (Å²) in [4.78, 5) is 0.240. The zero-order chi connectivity index (χ0) is 17.6. The third-order valence-electron chi connectivity index (χ3n) is 3.47. The van der Waals surface area contributed by atoms with E-state index in [-0.39, 0.29) is 4.90 Å². The maximum Gasteiger partial charge on any atom is 0.242 e. The first-order chi connectivity index (χ1) is 11.4. The SMILES string of the molecule is COc1ccc(S(=O)(=O)N(C)CCCOc2ccc(Cl)cc2)cc1. The van der Waals surface area contributed by atoms with Crippen LogP contribution in [0.2, 0.25) is 5.02 Å². The smallest absolute Gasteiger partial charge is 0.242 e. The number of nitrogens with zero attached hydrogens (tertiary/aromatic N) is 1. The highest BCUT2D eigenvalue weighted by atomic mass is 35.5. The van der Waals surface area contributed by atoms with Crippen LogP contribution in [0, 0.1) is 0 Å². The van der Waals surface area contributed by atoms with Gasteiger partial charge in [0, 0.05) is 18.6 Å². The van der Waals surface area contributed by atoms with E-state index in [1.165, 1.54) is 23.5 Å². The minimum absolute atomic E-state index is 0.240. The lowest BCUT2D eigenvalue weighted by Crippen LogP contribution is -2.28. The number of benzene rings is 2. The molecule has 0 fully saturated rings. The third kappa shape index (κ3) is 4.87. The van der Waals surface area contributed by atoms with Gasteiger partial charge in [0.2, 0.25) is 10.0 Å². The molecule has 7 heteroatoms. The Morgan fingerprint density at radius 2 is 1.58 bits per heavy atom. The van der Waals surface area contributed by atoms with E-state index in [2.05, 4.69) is 0 Å². The van der Waals surface area contributed by atoms with Crippen molar-refractivity contribution < 1.29 is 17.9 Å². The van der Waals surface area contributed by atoms with Crippen LogP contribution < -0.4 is 9.47 Å². The van der Waals surface area contributed by atoms with Gasteiger partial charge in [-0.2, -0.15) is 0 Å². The molecule has 2 rings (SSSR count). The molecule has 0 radical (unpaired) electrons. The van der Waals surface area contributed by atoms with Crippen molar-refractivity contribution >= 4 is 21.6 Å². The molecule has 0 atom stereocenters. The minimum atomic E-state index is -3.51. The molecule has 0 aromatic heterocycles. The Labute approximate surface area is 147 Å². The molecule has 5 nitrogen and oxygen atoms in total. The molecule has 0 saturated carbocycles. The highest BCUT2D eigenvalue weighted by Crippen LogP contribution is 2.19. The van der Waals surface area contributed by atoms with Crippen LogP contribution in [0.3, 0.4) is 0 Å². The average Bonchev–Trinajstić information content (AvgIpc) is 2.60. The number of halogens is 1. The maximum absolute atomic E-state index is 12.5. The topological polar surface area (TPSA) is 55.8 Å². The van der Waals surface area contributed by atoms with E-state index in [0.717, 1.165) is 0 Å². The van der Waals surface area contributed by atoms with Crippen LogP contribution in [-0.4, -0.2) is 40.0 Å². The molecule has 0 aliphatic rings. The summed E-state index contributed by atoms with van der Waals surface area (Å²) >= 11 is 5.81. The first kappa shape index (κ1) is 18.6. The van der Waals surface area contributed by atoms with E-state index in [0.29, 0.717) is 36.1 Å². The molecule has 0 N–H and O–H groups in total. The van der Waals surface area contributed by atoms with Crippen LogP contribution in [0.25, 0.3) is 0 Å². The van der Waals surface area contributed by atoms with Crippen molar-refractivity contribution in [2.24, 2.45) is 0 Å². The molecular weight excluding hydrogens is 350 g/mol. The minimum Gasteiger partial charge on any atom is -0.497 e. The Morgan fingerprint density at radius 1 is 1.00 bits per heavy atom. The molecule has 0 saturated heterocycles. The Kier molecular flexibility index (Phi) is 6.48. The maximum atomic E-state index is 12.5. The quantitative estimate of drug-likeness (QED) is 0.669. The predicted octanol–water partition coefficient (Wildman–Crippen LogP) is 3.44. The Balaban J connectivity index is 1.86. The van der Waals surface area contributed by atoms with E-state index in [1.807, 2.05) is 0 Å². The normalized spacial score (nSPS) is 11.5. The fourth-order valence-corrected chi connectivity index (χ4v) is 3.39. The second kappa shape index (κ2) is 8.37. The van der Waals surface area contributed by atoms with Crippen LogP contribution in [0.15, 0.2) is 53.4 Å². The second-order valence-corrected chi connectivity index (χ2v) is 7.64. The zero-order valence-electron chi connectivity index (χ0n) is 13.6. The van der Waals surface area contributed by atoms with Gasteiger partial charge in [-0.25, -0.2) is 12.7 Å². The lowest BCUT2D eigenvalue weighted by molar-refractivity contribution is 0.296. The van der Waals surface area contributed by atoms with Crippen molar-refractivity contribution in [2.45, 2.75) is 11.3 Å². The molecule has 2 aromatic rings. The van der Waals surface area contributed by atoms with Gasteiger partial charge in [0.15, 0.2) is 0 Å². The highest BCUT2D eigenvalue weighted by Gasteiger charge is 2.20. The number of ether oxygens (including phenoxy) is 2. The molecule has 2 aromatic carbocycles. The fraction of sp³-hybridized carbons (Fsp3) is 0.294. The van der Waals surface area contributed by atoms with Crippen molar-refractivity contribution in [3.05, 3.63) is 53.6 Å². The van der Waals surface area contributed by atoms with Crippen molar-refractivity contribution in [3.63, 3.8) is 0 Å². The molecule has 0 aliphatic heterocycles. The third-order valence-corrected chi connectivity index (χ3v) is 5.59. The van der Waals surface area contributed by atoms with Gasteiger partial charge in [-0.3, -0.25) is 0 Å². The summed E-state index contributed by atoms with van der Waals surface area (Å²) in [5.74, 6) is 1.33. The first-order valence-electron chi connectivity index (χ1n) is 7.42. The largest absolute Gasteiger partial charge is 0.497 e. The Morgan fingerprint density at radius 3 is 2.17 bits per heavy atom. The van der Waals surface area contributed by atoms with Gasteiger partial charge in [-0.15, -0.1) is 0 Å². The van der Waals surface area contributed by atoms with Gasteiger partial charge >= 0.3 is 0 Å². The van der Waals surface area contributed by atoms with Gasteiger partial charge in [0.25, 0.3) is 0 Å². The van der Waals surface area contributed by atoms with Gasteiger partial charge in [-0.1, -0.05) is 11.6 Å². The summed E-state index contributed by atoms with van der Waals surface area (Å²) < 4.78 is 36.8. The van der Waals surface area contributed by atoms with Gasteiger partial charge in [0.1, 0.15) is 11.5 Å². The number of rotatable bonds is 8. The lowest BCUT2D eigenvalue weighted by atomic mass is 10.3. The molecule has 0 aliphatic carbocycles. The zero-order valence-corrected chi connectivity index (χ0v) is 15.2. The monoisotopic (exact) mass is 369 g/mol. The fourth-order valence-electron chi connectivity index (χ4n) is 2.06. The summed E-state index contributed by atoms with van der Waals surface area (Å²) in [6.45, 7) is 0.784. The van der Waals surface area contributed by atoms with Crippen molar-refractivity contribution in [1.29, 1.82) is 0 Å². The number of methoxy groups -OCH3 is 1. The van der Waals surface area contributed by atoms with Crippen LogP contribution in [-0.2, 0) is 10.0 Å². The molecule has 130 valence electrons. The second-order valence-electron chi connectivity index (χ2n) is 5.16. The van der Waals surface area contributed by atoms with E-state index >= 15 is 0 Å². The summed E-state index contributed by atoms with van der Waals surface area (Å²) in [5, 5.41) is 0.646. The molecule has 0 unspecified atom stereocenters. The highest BCUT2D eigenvalue weighted by molar-refractivity contribution is 7.89. The van der Waals surface area contributed by atoms with E-state index < -0.39 is 10.0 Å². The molecule has 0 amide bonds. The van der Waals surface area contributed by atoms with Crippen molar-refractivity contribution in [3.8, 4) is 11.5 Å². The van der Waals surface area contributed by atoms with Gasteiger partial charge in [-0.05, 0) is 55.0 Å². The van der Waals surface area contributed by atoms with Gasteiger partial charge < -0.3 is 9.47 Å². The molecule has 0 spiro atoms. The molecule has 0 heterocycles. The summed E-state index contributed by atoms with van der Waals surface area (Å²) in [6.07, 6.45) is 0.578. The Bertz CT molecular complexity index is 745. The average molecular weight is 370 g/mol. The first-order valence-corrected chi connectivity index (χ1v) is 9.24. The summed E-state index contributed by atoms with van der Waals surface area (Å²) in [7, 11) is -0.414. The predicted molar refractivity (Wildman–Crippen MR) is 94.4 cm³/mol. The Hall–Kier alpha value is -1.76. The van der Waals surface area contributed by atoms with E-state index in [1.54, 1.807) is 43.4 Å². The molecule has 24 heavy (non-hydrogen) atoms. The van der Waals surface area contributed by atoms with Crippen LogP contribution in [0.4, 0.5) is 0 Å². The van der Waals surface area contributed by atoms with E-state index in [9.17, 15) is 8.42 Å². The summed E-state index contributed by atoms with van der Waals surface area (Å²) in [5.41, 5.74) is 0. The van der Waals surface area contributed by atoms with Crippen molar-refractivity contribution in [2.75, 3.05) is 27.3 Å². The molecule has 0 bridgehead atoms. The molecular formula is C17H20ClNO4S. The van der Waals surface area contributed by atoms with Crippen molar-refractivity contribution in [1.82, 2.24) is 4.31 Å². The number of hydrogen-bond acceptors (Lipinski definition) is 4. The standard InChI is InChI=1S/C17H20ClNO4S/c1-19(12-3-13-23-16-6-4-14(18)5-7-16)24(20,21)17-10-8-15(22-2)9-11-17/h4-11H,3,12-13H2,1-2H3. The van der Waals surface area contributed by atoms with Crippen LogP contribution in [0.5, 0.6) is 11.5 Å². The lowest BCUT2D eigenvalue weighted by Gasteiger charge is -2.17. The summed E-state index contributed by atoms with van der Waals surface area (Å²) in [6, 6.07) is 13.4. The van der Waals surface area contributed by atoms with E-state index in [4.69, 9.17) is 21.1 Å². The number of sulfonamides is 1. The van der Waals surface area contributed by atoms with Crippen LogP contribution >= 0.6 is 11.6 Å². The number of hydrogen-bond donors (Lipinski definition) is 0.